The van der Waals surface area contributed by atoms with Crippen molar-refractivity contribution in [2.45, 2.75) is 40.2 Å². The first-order valence-electron chi connectivity index (χ1n) is 6.30. The Morgan fingerprint density at radius 2 is 2.16 bits per heavy atom. The number of anilines is 1. The normalized spacial score (nSPS) is 12.4. The molecule has 2 heterocycles. The molecule has 0 fully saturated rings. The SMILES string of the molecule is CCc1nc(NC(C)c2sc(C)nc2C)cc(=O)[nH]1. The molecule has 5 nitrogen and oxygen atoms in total. The van der Waals surface area contributed by atoms with E-state index in [0.717, 1.165) is 10.7 Å². The van der Waals surface area contributed by atoms with Crippen LogP contribution in [-0.2, 0) is 6.42 Å². The molecule has 1 atom stereocenters. The van der Waals surface area contributed by atoms with Gasteiger partial charge in [0.2, 0.25) is 0 Å². The van der Waals surface area contributed by atoms with Crippen LogP contribution in [0.5, 0.6) is 0 Å². The summed E-state index contributed by atoms with van der Waals surface area (Å²) in [6.45, 7) is 8.00. The monoisotopic (exact) mass is 278 g/mol. The summed E-state index contributed by atoms with van der Waals surface area (Å²) >= 11 is 1.67. The molecule has 6 heteroatoms. The van der Waals surface area contributed by atoms with Crippen molar-refractivity contribution >= 4 is 17.2 Å². The lowest BCUT2D eigenvalue weighted by Crippen LogP contribution is -2.15. The van der Waals surface area contributed by atoms with Gasteiger partial charge in [0.05, 0.1) is 16.7 Å². The summed E-state index contributed by atoms with van der Waals surface area (Å²) in [5, 5.41) is 4.32. The van der Waals surface area contributed by atoms with Gasteiger partial charge in [0, 0.05) is 17.4 Å². The molecule has 102 valence electrons. The lowest BCUT2D eigenvalue weighted by molar-refractivity contribution is 0.855. The Bertz CT molecular complexity index is 632. The van der Waals surface area contributed by atoms with Crippen molar-refractivity contribution in [1.29, 1.82) is 0 Å². The lowest BCUT2D eigenvalue weighted by atomic mass is 10.2. The third-order valence-electron chi connectivity index (χ3n) is 2.82. The van der Waals surface area contributed by atoms with Gasteiger partial charge in [0.15, 0.2) is 0 Å². The molecule has 0 aliphatic carbocycles. The Hall–Kier alpha value is -1.69. The summed E-state index contributed by atoms with van der Waals surface area (Å²) in [5.74, 6) is 1.30. The number of aryl methyl sites for hydroxylation is 3. The molecular formula is C13H18N4OS. The highest BCUT2D eigenvalue weighted by molar-refractivity contribution is 7.11. The van der Waals surface area contributed by atoms with Gasteiger partial charge in [0.25, 0.3) is 5.56 Å². The van der Waals surface area contributed by atoms with Gasteiger partial charge in [-0.2, -0.15) is 0 Å². The molecule has 2 rings (SSSR count). The molecule has 0 aliphatic rings. The van der Waals surface area contributed by atoms with Gasteiger partial charge >= 0.3 is 0 Å². The van der Waals surface area contributed by atoms with E-state index in [0.29, 0.717) is 18.1 Å². The minimum atomic E-state index is -0.126. The van der Waals surface area contributed by atoms with E-state index in [1.54, 1.807) is 11.3 Å². The summed E-state index contributed by atoms with van der Waals surface area (Å²) in [5.41, 5.74) is 0.904. The number of H-pyrrole nitrogens is 1. The fraction of sp³-hybridized carbons (Fsp3) is 0.462. The molecule has 1 unspecified atom stereocenters. The van der Waals surface area contributed by atoms with Crippen LogP contribution in [0.3, 0.4) is 0 Å². The van der Waals surface area contributed by atoms with Crippen molar-refractivity contribution in [3.63, 3.8) is 0 Å². The molecule has 0 spiro atoms. The van der Waals surface area contributed by atoms with E-state index < -0.39 is 0 Å². The largest absolute Gasteiger partial charge is 0.362 e. The predicted octanol–water partition coefficient (Wildman–Crippen LogP) is 2.58. The van der Waals surface area contributed by atoms with Crippen molar-refractivity contribution < 1.29 is 0 Å². The van der Waals surface area contributed by atoms with Crippen molar-refractivity contribution in [1.82, 2.24) is 15.0 Å². The minimum absolute atomic E-state index is 0.0882. The van der Waals surface area contributed by atoms with E-state index in [2.05, 4.69) is 27.2 Å². The maximum absolute atomic E-state index is 11.5. The topological polar surface area (TPSA) is 70.7 Å². The molecule has 19 heavy (non-hydrogen) atoms. The van der Waals surface area contributed by atoms with Gasteiger partial charge in [-0.3, -0.25) is 4.79 Å². The van der Waals surface area contributed by atoms with Gasteiger partial charge in [-0.1, -0.05) is 6.92 Å². The first kappa shape index (κ1) is 13.7. The molecule has 0 bridgehead atoms. The Morgan fingerprint density at radius 1 is 1.42 bits per heavy atom. The average molecular weight is 278 g/mol. The number of thiazole rings is 1. The van der Waals surface area contributed by atoms with Gasteiger partial charge in [-0.05, 0) is 20.8 Å². The molecule has 2 aromatic rings. The van der Waals surface area contributed by atoms with Crippen molar-refractivity contribution in [3.05, 3.63) is 37.8 Å². The van der Waals surface area contributed by atoms with E-state index in [1.165, 1.54) is 10.9 Å². The number of nitrogens with zero attached hydrogens (tertiary/aromatic N) is 2. The second kappa shape index (κ2) is 5.52. The number of nitrogens with one attached hydrogen (secondary N) is 2. The van der Waals surface area contributed by atoms with Crippen LogP contribution in [0.4, 0.5) is 5.82 Å². The van der Waals surface area contributed by atoms with Gasteiger partial charge in [-0.15, -0.1) is 11.3 Å². The lowest BCUT2D eigenvalue weighted by Gasteiger charge is -2.13. The Labute approximate surface area is 116 Å². The summed E-state index contributed by atoms with van der Waals surface area (Å²) in [7, 11) is 0. The van der Waals surface area contributed by atoms with Crippen LogP contribution in [0.25, 0.3) is 0 Å². The van der Waals surface area contributed by atoms with E-state index >= 15 is 0 Å². The van der Waals surface area contributed by atoms with Crippen LogP contribution >= 0.6 is 11.3 Å². The van der Waals surface area contributed by atoms with Crippen LogP contribution < -0.4 is 10.9 Å². The number of hydrogen-bond donors (Lipinski definition) is 2. The summed E-state index contributed by atoms with van der Waals surface area (Å²) in [6.07, 6.45) is 0.706. The second-order valence-corrected chi connectivity index (χ2v) is 5.71. The zero-order valence-corrected chi connectivity index (χ0v) is 12.4. The molecule has 0 radical (unpaired) electrons. The summed E-state index contributed by atoms with van der Waals surface area (Å²) in [4.78, 5) is 24.2. The third kappa shape index (κ3) is 3.20. The number of aromatic nitrogens is 3. The molecule has 0 aliphatic heterocycles. The first-order chi connectivity index (χ1) is 8.99. The fourth-order valence-electron chi connectivity index (χ4n) is 1.99. The third-order valence-corrected chi connectivity index (χ3v) is 4.08. The van der Waals surface area contributed by atoms with Crippen LogP contribution in [0.2, 0.25) is 0 Å². The molecular weight excluding hydrogens is 260 g/mol. The van der Waals surface area contributed by atoms with Gasteiger partial charge < -0.3 is 10.3 Å². The minimum Gasteiger partial charge on any atom is -0.362 e. The smallest absolute Gasteiger partial charge is 0.252 e. The van der Waals surface area contributed by atoms with E-state index in [-0.39, 0.29) is 11.6 Å². The molecule has 0 saturated carbocycles. The van der Waals surface area contributed by atoms with E-state index in [4.69, 9.17) is 0 Å². The van der Waals surface area contributed by atoms with Gasteiger partial charge in [0.1, 0.15) is 11.6 Å². The maximum atomic E-state index is 11.5. The molecule has 0 aromatic carbocycles. The van der Waals surface area contributed by atoms with Crippen LogP contribution in [0.15, 0.2) is 10.9 Å². The van der Waals surface area contributed by atoms with E-state index in [9.17, 15) is 4.79 Å². The summed E-state index contributed by atoms with van der Waals surface area (Å²) in [6, 6.07) is 1.57. The first-order valence-corrected chi connectivity index (χ1v) is 7.12. The molecule has 0 saturated heterocycles. The van der Waals surface area contributed by atoms with Gasteiger partial charge in [-0.25, -0.2) is 9.97 Å². The average Bonchev–Trinajstić information content (AvgIpc) is 2.67. The second-order valence-electron chi connectivity index (χ2n) is 4.48. The Balaban J connectivity index is 2.23. The highest BCUT2D eigenvalue weighted by atomic mass is 32.1. The number of rotatable bonds is 4. The Morgan fingerprint density at radius 3 is 2.74 bits per heavy atom. The standard InChI is InChI=1S/C13H18N4OS/c1-5-10-16-11(6-12(18)17-10)15-8(3)13-7(2)14-9(4)19-13/h6,8H,5H2,1-4H3,(H2,15,16,17,18). The zero-order chi connectivity index (χ0) is 14.0. The fourth-order valence-corrected chi connectivity index (χ4v) is 2.92. The molecule has 2 aromatic heterocycles. The quantitative estimate of drug-likeness (QED) is 0.901. The van der Waals surface area contributed by atoms with Crippen molar-refractivity contribution in [2.24, 2.45) is 0 Å². The Kier molecular flexibility index (Phi) is 3.99. The van der Waals surface area contributed by atoms with E-state index in [1.807, 2.05) is 20.8 Å². The highest BCUT2D eigenvalue weighted by Crippen LogP contribution is 2.26. The number of hydrogen-bond acceptors (Lipinski definition) is 5. The maximum Gasteiger partial charge on any atom is 0.252 e. The zero-order valence-electron chi connectivity index (χ0n) is 11.6. The molecule has 0 amide bonds. The van der Waals surface area contributed by atoms with Crippen LogP contribution in [0.1, 0.15) is 41.3 Å². The highest BCUT2D eigenvalue weighted by Gasteiger charge is 2.13. The summed E-state index contributed by atoms with van der Waals surface area (Å²) < 4.78 is 0. The van der Waals surface area contributed by atoms with Crippen LogP contribution in [0, 0.1) is 13.8 Å². The molecule has 2 N–H and O–H groups in total. The predicted molar refractivity (Wildman–Crippen MR) is 77.9 cm³/mol. The number of aromatic amines is 1. The van der Waals surface area contributed by atoms with Crippen LogP contribution in [-0.4, -0.2) is 15.0 Å². The van der Waals surface area contributed by atoms with Crippen molar-refractivity contribution in [3.8, 4) is 0 Å². The van der Waals surface area contributed by atoms with Crippen molar-refractivity contribution in [2.75, 3.05) is 5.32 Å².